The molecule has 1 aliphatic rings. The van der Waals surface area contributed by atoms with Crippen molar-refractivity contribution in [2.75, 3.05) is 18.0 Å². The molecule has 1 aromatic rings. The smallest absolute Gasteiger partial charge is 0.151 e. The van der Waals surface area contributed by atoms with E-state index in [1.165, 1.54) is 12.8 Å². The Balaban J connectivity index is 2.14. The highest BCUT2D eigenvalue weighted by Crippen LogP contribution is 2.33. The molecule has 1 heterocycles. The average Bonchev–Trinajstić information content (AvgIpc) is 2.29. The van der Waals surface area contributed by atoms with Crippen LogP contribution < -0.4 is 4.90 Å². The highest BCUT2D eigenvalue weighted by atomic mass is 35.5. The summed E-state index contributed by atoms with van der Waals surface area (Å²) in [7, 11) is 0. The molecule has 2 rings (SSSR count). The molecule has 0 N–H and O–H groups in total. The quantitative estimate of drug-likeness (QED) is 0.746. The van der Waals surface area contributed by atoms with Crippen LogP contribution in [-0.2, 0) is 0 Å². The van der Waals surface area contributed by atoms with Gasteiger partial charge in [-0.3, -0.25) is 4.79 Å². The second-order valence-corrected chi connectivity index (χ2v) is 5.88. The summed E-state index contributed by atoms with van der Waals surface area (Å²) in [5.41, 5.74) is 2.13. The Hall–Kier alpha value is -1.02. The molecule has 1 aromatic carbocycles. The van der Waals surface area contributed by atoms with E-state index in [9.17, 15) is 4.79 Å². The van der Waals surface area contributed by atoms with Crippen LogP contribution in [0.1, 0.15) is 37.0 Å². The Bertz CT molecular complexity index is 418. The van der Waals surface area contributed by atoms with Crippen molar-refractivity contribution >= 4 is 23.6 Å². The maximum atomic E-state index is 10.7. The van der Waals surface area contributed by atoms with E-state index in [0.29, 0.717) is 16.0 Å². The van der Waals surface area contributed by atoms with Crippen LogP contribution >= 0.6 is 11.6 Å². The van der Waals surface area contributed by atoms with Gasteiger partial charge in [-0.05, 0) is 36.5 Å². The maximum Gasteiger partial charge on any atom is 0.151 e. The van der Waals surface area contributed by atoms with E-state index in [1.54, 1.807) is 6.07 Å². The molecular formula is C14H18ClNO. The molecular weight excluding hydrogens is 234 g/mol. The molecule has 0 radical (unpaired) electrons. The summed E-state index contributed by atoms with van der Waals surface area (Å²) in [6.45, 7) is 6.74. The van der Waals surface area contributed by atoms with Crippen LogP contribution in [0.25, 0.3) is 0 Å². The standard InChI is InChI=1S/C14H18ClNO/c1-14(2)5-7-16(8-6-14)12-4-3-11(10-17)13(15)9-12/h3-4,9-10H,5-8H2,1-2H3. The number of carbonyl (C=O) groups is 1. The van der Waals surface area contributed by atoms with Gasteiger partial charge in [0.05, 0.1) is 5.02 Å². The molecule has 1 aliphatic heterocycles. The first kappa shape index (κ1) is 12.4. The van der Waals surface area contributed by atoms with Crippen molar-refractivity contribution in [3.8, 4) is 0 Å². The van der Waals surface area contributed by atoms with Crippen LogP contribution in [-0.4, -0.2) is 19.4 Å². The van der Waals surface area contributed by atoms with E-state index in [2.05, 4.69) is 18.7 Å². The summed E-state index contributed by atoms with van der Waals surface area (Å²) >= 11 is 6.05. The molecule has 17 heavy (non-hydrogen) atoms. The molecule has 0 aromatic heterocycles. The summed E-state index contributed by atoms with van der Waals surface area (Å²) < 4.78 is 0. The molecule has 0 unspecified atom stereocenters. The summed E-state index contributed by atoms with van der Waals surface area (Å²) in [5.74, 6) is 0. The van der Waals surface area contributed by atoms with Crippen LogP contribution in [0.3, 0.4) is 0 Å². The van der Waals surface area contributed by atoms with Crippen molar-refractivity contribution in [2.45, 2.75) is 26.7 Å². The Kier molecular flexibility index (Phi) is 3.43. The summed E-state index contributed by atoms with van der Waals surface area (Å²) in [5, 5.41) is 0.544. The van der Waals surface area contributed by atoms with Crippen LogP contribution in [0.5, 0.6) is 0 Å². The third kappa shape index (κ3) is 2.81. The van der Waals surface area contributed by atoms with E-state index < -0.39 is 0 Å². The fourth-order valence-corrected chi connectivity index (χ4v) is 2.40. The van der Waals surface area contributed by atoms with Crippen molar-refractivity contribution in [2.24, 2.45) is 5.41 Å². The number of carbonyl (C=O) groups excluding carboxylic acids is 1. The number of nitrogens with zero attached hydrogens (tertiary/aromatic N) is 1. The second kappa shape index (κ2) is 4.69. The number of hydrogen-bond donors (Lipinski definition) is 0. The van der Waals surface area contributed by atoms with E-state index in [1.807, 2.05) is 12.1 Å². The first-order valence-electron chi connectivity index (χ1n) is 6.01. The fraction of sp³-hybridized carbons (Fsp3) is 0.500. The fourth-order valence-electron chi connectivity index (χ4n) is 2.18. The molecule has 1 fully saturated rings. The van der Waals surface area contributed by atoms with Gasteiger partial charge in [-0.15, -0.1) is 0 Å². The highest BCUT2D eigenvalue weighted by Gasteiger charge is 2.25. The normalized spacial score (nSPS) is 19.1. The van der Waals surface area contributed by atoms with Crippen molar-refractivity contribution < 1.29 is 4.79 Å². The zero-order chi connectivity index (χ0) is 12.5. The lowest BCUT2D eigenvalue weighted by atomic mass is 9.82. The minimum atomic E-state index is 0.447. The van der Waals surface area contributed by atoms with Crippen LogP contribution in [0.15, 0.2) is 18.2 Å². The monoisotopic (exact) mass is 251 g/mol. The first-order valence-corrected chi connectivity index (χ1v) is 6.39. The summed E-state index contributed by atoms with van der Waals surface area (Å²) in [4.78, 5) is 13.0. The number of anilines is 1. The minimum Gasteiger partial charge on any atom is -0.371 e. The van der Waals surface area contributed by atoms with Crippen LogP contribution in [0.4, 0.5) is 5.69 Å². The highest BCUT2D eigenvalue weighted by molar-refractivity contribution is 6.33. The third-order valence-corrected chi connectivity index (χ3v) is 3.92. The van der Waals surface area contributed by atoms with E-state index in [0.717, 1.165) is 25.1 Å². The molecule has 0 saturated carbocycles. The molecule has 0 aliphatic carbocycles. The minimum absolute atomic E-state index is 0.447. The summed E-state index contributed by atoms with van der Waals surface area (Å²) in [6.07, 6.45) is 3.19. The number of aldehydes is 1. The Morgan fingerprint density at radius 2 is 1.94 bits per heavy atom. The SMILES string of the molecule is CC1(C)CCN(c2ccc(C=O)c(Cl)c2)CC1. The Morgan fingerprint density at radius 3 is 2.47 bits per heavy atom. The summed E-state index contributed by atoms with van der Waals surface area (Å²) in [6, 6.07) is 5.67. The van der Waals surface area contributed by atoms with Gasteiger partial charge in [0.1, 0.15) is 0 Å². The van der Waals surface area contributed by atoms with Gasteiger partial charge >= 0.3 is 0 Å². The maximum absolute atomic E-state index is 10.7. The molecule has 2 nitrogen and oxygen atoms in total. The lowest BCUT2D eigenvalue weighted by molar-refractivity contribution is 0.112. The molecule has 0 bridgehead atoms. The van der Waals surface area contributed by atoms with Crippen molar-refractivity contribution in [3.05, 3.63) is 28.8 Å². The van der Waals surface area contributed by atoms with Crippen molar-refractivity contribution in [1.29, 1.82) is 0 Å². The molecule has 1 saturated heterocycles. The number of piperidine rings is 1. The first-order chi connectivity index (χ1) is 8.02. The lowest BCUT2D eigenvalue weighted by Gasteiger charge is -2.38. The van der Waals surface area contributed by atoms with Gasteiger partial charge in [0.2, 0.25) is 0 Å². The van der Waals surface area contributed by atoms with Gasteiger partial charge in [-0.1, -0.05) is 25.4 Å². The topological polar surface area (TPSA) is 20.3 Å². The van der Waals surface area contributed by atoms with Gasteiger partial charge in [0.15, 0.2) is 6.29 Å². The van der Waals surface area contributed by atoms with E-state index in [4.69, 9.17) is 11.6 Å². The van der Waals surface area contributed by atoms with Crippen LogP contribution in [0, 0.1) is 5.41 Å². The average molecular weight is 252 g/mol. The Morgan fingerprint density at radius 1 is 1.29 bits per heavy atom. The molecule has 0 amide bonds. The number of hydrogen-bond acceptors (Lipinski definition) is 2. The van der Waals surface area contributed by atoms with E-state index in [-0.39, 0.29) is 0 Å². The van der Waals surface area contributed by atoms with Gasteiger partial charge in [0.25, 0.3) is 0 Å². The number of halogens is 1. The van der Waals surface area contributed by atoms with Crippen LogP contribution in [0.2, 0.25) is 5.02 Å². The van der Waals surface area contributed by atoms with Gasteiger partial charge in [0, 0.05) is 24.3 Å². The zero-order valence-electron chi connectivity index (χ0n) is 10.4. The van der Waals surface area contributed by atoms with Crippen molar-refractivity contribution in [1.82, 2.24) is 0 Å². The predicted molar refractivity (Wildman–Crippen MR) is 72.1 cm³/mol. The second-order valence-electron chi connectivity index (χ2n) is 5.47. The van der Waals surface area contributed by atoms with E-state index >= 15 is 0 Å². The number of rotatable bonds is 2. The third-order valence-electron chi connectivity index (χ3n) is 3.59. The largest absolute Gasteiger partial charge is 0.371 e. The zero-order valence-corrected chi connectivity index (χ0v) is 11.1. The predicted octanol–water partition coefficient (Wildman–Crippen LogP) is 3.78. The Labute approximate surface area is 108 Å². The van der Waals surface area contributed by atoms with Gasteiger partial charge in [-0.25, -0.2) is 0 Å². The molecule has 3 heteroatoms. The molecule has 0 spiro atoms. The molecule has 0 atom stereocenters. The molecule has 92 valence electrons. The van der Waals surface area contributed by atoms with Gasteiger partial charge in [-0.2, -0.15) is 0 Å². The van der Waals surface area contributed by atoms with Crippen molar-refractivity contribution in [3.63, 3.8) is 0 Å². The lowest BCUT2D eigenvalue weighted by Crippen LogP contribution is -2.37. The number of benzene rings is 1. The van der Waals surface area contributed by atoms with Gasteiger partial charge < -0.3 is 4.90 Å².